The zero-order valence-corrected chi connectivity index (χ0v) is 12.8. The molecule has 0 aromatic rings. The van der Waals surface area contributed by atoms with Crippen molar-refractivity contribution in [3.05, 3.63) is 0 Å². The topological polar surface area (TPSA) is 60.0 Å². The fourth-order valence-electron chi connectivity index (χ4n) is 3.50. The molecule has 2 heterocycles. The van der Waals surface area contributed by atoms with Crippen LogP contribution in [0.5, 0.6) is 0 Å². The highest BCUT2D eigenvalue weighted by molar-refractivity contribution is 5.78. The number of nitrogens with one attached hydrogen (secondary N) is 1. The Morgan fingerprint density at radius 3 is 2.62 bits per heavy atom. The van der Waals surface area contributed by atoms with Crippen LogP contribution < -0.4 is 5.32 Å². The summed E-state index contributed by atoms with van der Waals surface area (Å²) in [7, 11) is 0. The summed E-state index contributed by atoms with van der Waals surface area (Å²) in [6.45, 7) is 6.32. The van der Waals surface area contributed by atoms with Crippen LogP contribution in [-0.2, 0) is 19.0 Å². The van der Waals surface area contributed by atoms with Crippen molar-refractivity contribution in [3.8, 4) is 0 Å². The summed E-state index contributed by atoms with van der Waals surface area (Å²) in [5.41, 5.74) is 0. The number of amides is 1. The van der Waals surface area contributed by atoms with Crippen molar-refractivity contribution in [2.24, 2.45) is 0 Å². The van der Waals surface area contributed by atoms with E-state index in [2.05, 4.69) is 10.2 Å². The second-order valence-corrected chi connectivity index (χ2v) is 6.37. The Morgan fingerprint density at radius 2 is 1.95 bits per heavy atom. The minimum atomic E-state index is -0.346. The van der Waals surface area contributed by atoms with E-state index in [1.54, 1.807) is 0 Å². The highest BCUT2D eigenvalue weighted by Gasteiger charge is 2.40. The number of carbonyl (C=O) groups is 1. The van der Waals surface area contributed by atoms with Crippen molar-refractivity contribution in [2.75, 3.05) is 39.5 Å². The molecule has 1 unspecified atom stereocenters. The number of ether oxygens (including phenoxy) is 3. The minimum absolute atomic E-state index is 0.123. The van der Waals surface area contributed by atoms with Gasteiger partial charge in [0.1, 0.15) is 0 Å². The van der Waals surface area contributed by atoms with Gasteiger partial charge in [0.2, 0.25) is 5.91 Å². The molecule has 2 aliphatic heterocycles. The quantitative estimate of drug-likeness (QED) is 0.822. The van der Waals surface area contributed by atoms with Crippen molar-refractivity contribution in [3.63, 3.8) is 0 Å². The molecule has 1 spiro atoms. The van der Waals surface area contributed by atoms with Crippen molar-refractivity contribution >= 4 is 5.91 Å². The summed E-state index contributed by atoms with van der Waals surface area (Å²) in [6.07, 6.45) is 3.85. The molecule has 1 atom stereocenters. The summed E-state index contributed by atoms with van der Waals surface area (Å²) in [5, 5.41) is 3.15. The summed E-state index contributed by atoms with van der Waals surface area (Å²) in [5.74, 6) is -0.223. The van der Waals surface area contributed by atoms with Gasteiger partial charge in [-0.2, -0.15) is 0 Å². The Kier molecular flexibility index (Phi) is 4.78. The predicted molar refractivity (Wildman–Crippen MR) is 76.9 cm³/mol. The Labute approximate surface area is 126 Å². The van der Waals surface area contributed by atoms with Gasteiger partial charge in [-0.1, -0.05) is 0 Å². The minimum Gasteiger partial charge on any atom is -0.376 e. The van der Waals surface area contributed by atoms with Crippen LogP contribution in [0.2, 0.25) is 0 Å². The normalized spacial score (nSPS) is 30.6. The maximum atomic E-state index is 12.1. The zero-order valence-electron chi connectivity index (χ0n) is 12.8. The largest absolute Gasteiger partial charge is 0.376 e. The molecular formula is C15H26N2O4. The van der Waals surface area contributed by atoms with Gasteiger partial charge >= 0.3 is 0 Å². The first-order valence-electron chi connectivity index (χ1n) is 8.06. The lowest BCUT2D eigenvalue weighted by molar-refractivity contribution is -0.180. The maximum Gasteiger partial charge on any atom is 0.234 e. The third kappa shape index (κ3) is 3.94. The van der Waals surface area contributed by atoms with E-state index in [1.165, 1.54) is 0 Å². The SMILES string of the molecule is CC1CN(CC(=O)NC2CCC3(CC2)OCCO3)CCO1. The van der Waals surface area contributed by atoms with Crippen LogP contribution in [-0.4, -0.2) is 68.2 Å². The lowest BCUT2D eigenvalue weighted by atomic mass is 9.90. The molecule has 3 fully saturated rings. The highest BCUT2D eigenvalue weighted by Crippen LogP contribution is 2.35. The lowest BCUT2D eigenvalue weighted by Gasteiger charge is -2.36. The first kappa shape index (κ1) is 15.2. The first-order chi connectivity index (χ1) is 10.2. The number of carbonyl (C=O) groups excluding carboxylic acids is 1. The van der Waals surface area contributed by atoms with Crippen LogP contribution in [0.25, 0.3) is 0 Å². The summed E-state index contributed by atoms with van der Waals surface area (Å²) >= 11 is 0. The van der Waals surface area contributed by atoms with E-state index in [0.717, 1.165) is 45.4 Å². The van der Waals surface area contributed by atoms with Gasteiger partial charge in [0.15, 0.2) is 5.79 Å². The van der Waals surface area contributed by atoms with E-state index in [0.29, 0.717) is 19.8 Å². The average Bonchev–Trinajstić information content (AvgIpc) is 2.90. The van der Waals surface area contributed by atoms with Gasteiger partial charge in [-0.25, -0.2) is 0 Å². The number of hydrogen-bond acceptors (Lipinski definition) is 5. The van der Waals surface area contributed by atoms with Crippen LogP contribution in [0.3, 0.4) is 0 Å². The van der Waals surface area contributed by atoms with Crippen molar-refractivity contribution < 1.29 is 19.0 Å². The van der Waals surface area contributed by atoms with E-state index >= 15 is 0 Å². The van der Waals surface area contributed by atoms with Crippen LogP contribution in [0.15, 0.2) is 0 Å². The van der Waals surface area contributed by atoms with Crippen molar-refractivity contribution in [2.45, 2.75) is 50.5 Å². The summed E-state index contributed by atoms with van der Waals surface area (Å²) in [4.78, 5) is 14.3. The van der Waals surface area contributed by atoms with Gasteiger partial charge in [0, 0.05) is 32.0 Å². The molecule has 1 saturated carbocycles. The van der Waals surface area contributed by atoms with Crippen molar-refractivity contribution in [1.82, 2.24) is 10.2 Å². The van der Waals surface area contributed by atoms with Gasteiger partial charge in [-0.05, 0) is 19.8 Å². The fraction of sp³-hybridized carbons (Fsp3) is 0.933. The third-order valence-electron chi connectivity index (χ3n) is 4.62. The molecule has 6 heteroatoms. The highest BCUT2D eigenvalue weighted by atomic mass is 16.7. The molecule has 1 N–H and O–H groups in total. The Hall–Kier alpha value is -0.690. The maximum absolute atomic E-state index is 12.1. The third-order valence-corrected chi connectivity index (χ3v) is 4.62. The summed E-state index contributed by atoms with van der Waals surface area (Å²) < 4.78 is 16.9. The second kappa shape index (κ2) is 6.60. The van der Waals surface area contributed by atoms with Crippen LogP contribution in [0.1, 0.15) is 32.6 Å². The molecule has 3 rings (SSSR count). The smallest absolute Gasteiger partial charge is 0.234 e. The zero-order chi connectivity index (χ0) is 14.7. The van der Waals surface area contributed by atoms with Crippen LogP contribution in [0, 0.1) is 0 Å². The molecule has 1 amide bonds. The Balaban J connectivity index is 1.39. The van der Waals surface area contributed by atoms with E-state index in [4.69, 9.17) is 14.2 Å². The van der Waals surface area contributed by atoms with E-state index in [9.17, 15) is 4.79 Å². The molecule has 21 heavy (non-hydrogen) atoms. The van der Waals surface area contributed by atoms with Crippen molar-refractivity contribution in [1.29, 1.82) is 0 Å². The molecule has 2 saturated heterocycles. The molecular weight excluding hydrogens is 272 g/mol. The number of morpholine rings is 1. The predicted octanol–water partition coefficient (Wildman–Crippen LogP) is 0.509. The second-order valence-electron chi connectivity index (χ2n) is 6.37. The van der Waals surface area contributed by atoms with E-state index in [1.807, 2.05) is 6.92 Å². The molecule has 1 aliphatic carbocycles. The molecule has 0 aromatic carbocycles. The molecule has 120 valence electrons. The number of rotatable bonds is 3. The standard InChI is InChI=1S/C15H26N2O4/c1-12-10-17(6-7-19-12)11-14(18)16-13-2-4-15(5-3-13)20-8-9-21-15/h12-13H,2-11H2,1H3,(H,16,18). The van der Waals surface area contributed by atoms with Gasteiger partial charge in [-0.3, -0.25) is 9.69 Å². The van der Waals surface area contributed by atoms with Crippen LogP contribution >= 0.6 is 0 Å². The molecule has 6 nitrogen and oxygen atoms in total. The van der Waals surface area contributed by atoms with E-state index in [-0.39, 0.29) is 23.8 Å². The fourth-order valence-corrected chi connectivity index (χ4v) is 3.50. The summed E-state index contributed by atoms with van der Waals surface area (Å²) in [6, 6.07) is 0.259. The molecule has 3 aliphatic rings. The average molecular weight is 298 g/mol. The molecule has 0 aromatic heterocycles. The van der Waals surface area contributed by atoms with Gasteiger partial charge in [0.05, 0.1) is 32.5 Å². The Bertz CT molecular complexity index is 361. The van der Waals surface area contributed by atoms with Gasteiger partial charge in [0.25, 0.3) is 0 Å². The molecule has 0 radical (unpaired) electrons. The number of hydrogen-bond donors (Lipinski definition) is 1. The first-order valence-corrected chi connectivity index (χ1v) is 8.06. The van der Waals surface area contributed by atoms with Gasteiger partial charge in [-0.15, -0.1) is 0 Å². The lowest BCUT2D eigenvalue weighted by Crippen LogP contribution is -2.49. The number of nitrogens with zero attached hydrogens (tertiary/aromatic N) is 1. The Morgan fingerprint density at radius 1 is 1.24 bits per heavy atom. The van der Waals surface area contributed by atoms with E-state index < -0.39 is 0 Å². The molecule has 0 bridgehead atoms. The monoisotopic (exact) mass is 298 g/mol. The van der Waals surface area contributed by atoms with Gasteiger partial charge < -0.3 is 19.5 Å². The van der Waals surface area contributed by atoms with Crippen LogP contribution in [0.4, 0.5) is 0 Å².